The van der Waals surface area contributed by atoms with E-state index in [9.17, 15) is 4.79 Å². The second kappa shape index (κ2) is 4.39. The monoisotopic (exact) mass is 181 g/mol. The molecule has 0 unspecified atom stereocenters. The highest BCUT2D eigenvalue weighted by atomic mass is 16.5. The van der Waals surface area contributed by atoms with Crippen molar-refractivity contribution in [1.29, 1.82) is 0 Å². The van der Waals surface area contributed by atoms with E-state index < -0.39 is 0 Å². The Morgan fingerprint density at radius 3 is 3.00 bits per heavy atom. The quantitative estimate of drug-likeness (QED) is 0.687. The van der Waals surface area contributed by atoms with Crippen LogP contribution in [0, 0.1) is 0 Å². The molecule has 0 saturated carbocycles. The van der Waals surface area contributed by atoms with Crippen molar-refractivity contribution < 1.29 is 9.53 Å². The Morgan fingerprint density at radius 1 is 1.62 bits per heavy atom. The molecule has 1 rings (SSSR count). The molecule has 13 heavy (non-hydrogen) atoms. The number of rotatable bonds is 3. The van der Waals surface area contributed by atoms with Crippen LogP contribution < -0.4 is 5.73 Å². The van der Waals surface area contributed by atoms with Gasteiger partial charge in [0.1, 0.15) is 12.4 Å². The van der Waals surface area contributed by atoms with Gasteiger partial charge >= 0.3 is 5.97 Å². The van der Waals surface area contributed by atoms with Crippen LogP contribution in [0.4, 0.5) is 5.82 Å². The van der Waals surface area contributed by atoms with Crippen LogP contribution in [0.1, 0.15) is 19.0 Å². The average Bonchev–Trinajstić information content (AvgIpc) is 2.14. The molecule has 0 radical (unpaired) electrons. The number of hydrogen-bond donors (Lipinski definition) is 1. The normalized spacial score (nSPS) is 9.62. The maximum atomic E-state index is 10.8. The molecule has 1 heterocycles. The molecule has 0 spiro atoms. The van der Waals surface area contributed by atoms with Gasteiger partial charge in [-0.25, -0.2) is 4.98 Å². The van der Waals surface area contributed by atoms with E-state index in [2.05, 4.69) is 9.97 Å². The number of anilines is 1. The molecule has 0 aromatic carbocycles. The Bertz CT molecular complexity index is 301. The van der Waals surface area contributed by atoms with Crippen LogP contribution in [0.25, 0.3) is 0 Å². The second-order valence-electron chi connectivity index (χ2n) is 2.45. The minimum atomic E-state index is -0.260. The van der Waals surface area contributed by atoms with Gasteiger partial charge in [-0.05, 0) is 0 Å². The summed E-state index contributed by atoms with van der Waals surface area (Å²) >= 11 is 0. The standard InChI is InChI=1S/C8H11N3O2/c1-2-8(12)13-5-6-3-10-4-7(9)11-6/h3-4H,2,5H2,1H3,(H2,9,11). The van der Waals surface area contributed by atoms with Crippen molar-refractivity contribution in [3.63, 3.8) is 0 Å². The zero-order valence-corrected chi connectivity index (χ0v) is 7.36. The highest BCUT2D eigenvalue weighted by Gasteiger charge is 2.00. The Hall–Kier alpha value is -1.65. The van der Waals surface area contributed by atoms with Crippen LogP contribution in [-0.2, 0) is 16.1 Å². The van der Waals surface area contributed by atoms with E-state index in [0.717, 1.165) is 0 Å². The van der Waals surface area contributed by atoms with Crippen molar-refractivity contribution in [2.45, 2.75) is 20.0 Å². The van der Waals surface area contributed by atoms with Gasteiger partial charge in [-0.3, -0.25) is 9.78 Å². The summed E-state index contributed by atoms with van der Waals surface area (Å²) in [6.07, 6.45) is 3.31. The molecule has 1 aromatic rings. The zero-order chi connectivity index (χ0) is 9.68. The summed E-state index contributed by atoms with van der Waals surface area (Å²) in [6, 6.07) is 0. The van der Waals surface area contributed by atoms with Gasteiger partial charge in [-0.15, -0.1) is 0 Å². The molecule has 5 nitrogen and oxygen atoms in total. The molecule has 0 amide bonds. The Kier molecular flexibility index (Phi) is 3.19. The Balaban J connectivity index is 2.50. The van der Waals surface area contributed by atoms with Gasteiger partial charge < -0.3 is 10.5 Å². The Morgan fingerprint density at radius 2 is 2.38 bits per heavy atom. The predicted octanol–water partition coefficient (Wildman–Crippen LogP) is 0.512. The van der Waals surface area contributed by atoms with Crippen LogP contribution in [-0.4, -0.2) is 15.9 Å². The molecule has 5 heteroatoms. The van der Waals surface area contributed by atoms with E-state index in [1.807, 2.05) is 0 Å². The molecule has 0 bridgehead atoms. The fourth-order valence-electron chi connectivity index (χ4n) is 0.749. The molecule has 70 valence electrons. The number of nitrogens with zero attached hydrogens (tertiary/aromatic N) is 2. The van der Waals surface area contributed by atoms with Crippen molar-refractivity contribution in [1.82, 2.24) is 9.97 Å². The van der Waals surface area contributed by atoms with Crippen molar-refractivity contribution in [2.24, 2.45) is 0 Å². The molecule has 1 aromatic heterocycles. The smallest absolute Gasteiger partial charge is 0.305 e. The summed E-state index contributed by atoms with van der Waals surface area (Å²) in [5.41, 5.74) is 5.94. The molecule has 0 aliphatic rings. The van der Waals surface area contributed by atoms with E-state index in [0.29, 0.717) is 17.9 Å². The molecule has 0 saturated heterocycles. The fourth-order valence-corrected chi connectivity index (χ4v) is 0.749. The number of ether oxygens (including phenoxy) is 1. The van der Waals surface area contributed by atoms with Gasteiger partial charge in [-0.1, -0.05) is 6.92 Å². The largest absolute Gasteiger partial charge is 0.459 e. The van der Waals surface area contributed by atoms with Crippen molar-refractivity contribution in [3.8, 4) is 0 Å². The van der Waals surface area contributed by atoms with Crippen molar-refractivity contribution >= 4 is 11.8 Å². The predicted molar refractivity (Wildman–Crippen MR) is 46.5 cm³/mol. The summed E-state index contributed by atoms with van der Waals surface area (Å²) in [4.78, 5) is 18.5. The van der Waals surface area contributed by atoms with Gasteiger partial charge in [0.25, 0.3) is 0 Å². The lowest BCUT2D eigenvalue weighted by Gasteiger charge is -2.02. The van der Waals surface area contributed by atoms with Gasteiger partial charge in [-0.2, -0.15) is 0 Å². The highest BCUT2D eigenvalue weighted by molar-refractivity contribution is 5.68. The topological polar surface area (TPSA) is 78.1 Å². The lowest BCUT2D eigenvalue weighted by molar-refractivity contribution is -0.144. The van der Waals surface area contributed by atoms with E-state index in [1.54, 1.807) is 6.92 Å². The number of esters is 1. The van der Waals surface area contributed by atoms with Crippen LogP contribution in [0.3, 0.4) is 0 Å². The molecular formula is C8H11N3O2. The van der Waals surface area contributed by atoms with Crippen molar-refractivity contribution in [2.75, 3.05) is 5.73 Å². The van der Waals surface area contributed by atoms with Gasteiger partial charge in [0.05, 0.1) is 18.1 Å². The first-order chi connectivity index (χ1) is 6.22. The zero-order valence-electron chi connectivity index (χ0n) is 7.36. The van der Waals surface area contributed by atoms with Crippen LogP contribution in [0.2, 0.25) is 0 Å². The van der Waals surface area contributed by atoms with Gasteiger partial charge in [0, 0.05) is 6.42 Å². The molecule has 0 atom stereocenters. The first kappa shape index (κ1) is 9.44. The first-order valence-corrected chi connectivity index (χ1v) is 3.94. The summed E-state index contributed by atoms with van der Waals surface area (Å²) < 4.78 is 4.84. The van der Waals surface area contributed by atoms with E-state index in [1.165, 1.54) is 12.4 Å². The molecule has 2 N–H and O–H groups in total. The molecule has 0 fully saturated rings. The van der Waals surface area contributed by atoms with E-state index in [4.69, 9.17) is 10.5 Å². The van der Waals surface area contributed by atoms with E-state index in [-0.39, 0.29) is 12.6 Å². The minimum Gasteiger partial charge on any atom is -0.459 e. The number of hydrogen-bond acceptors (Lipinski definition) is 5. The third kappa shape index (κ3) is 3.06. The fraction of sp³-hybridized carbons (Fsp3) is 0.375. The van der Waals surface area contributed by atoms with Gasteiger partial charge in [0.15, 0.2) is 0 Å². The summed E-state index contributed by atoms with van der Waals surface area (Å²) in [7, 11) is 0. The van der Waals surface area contributed by atoms with Crippen LogP contribution in [0.5, 0.6) is 0 Å². The molecular weight excluding hydrogens is 170 g/mol. The third-order valence-electron chi connectivity index (χ3n) is 1.37. The minimum absolute atomic E-state index is 0.130. The van der Waals surface area contributed by atoms with E-state index >= 15 is 0 Å². The second-order valence-corrected chi connectivity index (χ2v) is 2.45. The maximum Gasteiger partial charge on any atom is 0.305 e. The molecule has 0 aliphatic heterocycles. The van der Waals surface area contributed by atoms with Crippen LogP contribution in [0.15, 0.2) is 12.4 Å². The number of carbonyl (C=O) groups excluding carboxylic acids is 1. The van der Waals surface area contributed by atoms with Crippen molar-refractivity contribution in [3.05, 3.63) is 18.1 Å². The summed E-state index contributed by atoms with van der Waals surface area (Å²) in [5, 5.41) is 0. The summed E-state index contributed by atoms with van der Waals surface area (Å²) in [5.74, 6) is 0.0641. The Labute approximate surface area is 75.9 Å². The number of nitrogen functional groups attached to an aromatic ring is 1. The first-order valence-electron chi connectivity index (χ1n) is 3.94. The maximum absolute atomic E-state index is 10.8. The lowest BCUT2D eigenvalue weighted by Crippen LogP contribution is -2.05. The number of carbonyl (C=O) groups is 1. The summed E-state index contributed by atoms with van der Waals surface area (Å²) in [6.45, 7) is 1.86. The average molecular weight is 181 g/mol. The third-order valence-corrected chi connectivity index (χ3v) is 1.37. The highest BCUT2D eigenvalue weighted by Crippen LogP contribution is 1.99. The van der Waals surface area contributed by atoms with Gasteiger partial charge in [0.2, 0.25) is 0 Å². The number of nitrogens with two attached hydrogens (primary N) is 1. The lowest BCUT2D eigenvalue weighted by atomic mass is 10.4. The van der Waals surface area contributed by atoms with Crippen LogP contribution >= 0.6 is 0 Å². The SMILES string of the molecule is CCC(=O)OCc1cncc(N)n1. The number of aromatic nitrogens is 2. The molecule has 0 aliphatic carbocycles.